The van der Waals surface area contributed by atoms with Crippen LogP contribution in [-0.4, -0.2) is 93.8 Å². The third-order valence-electron chi connectivity index (χ3n) is 6.59. The minimum Gasteiger partial charge on any atom is -0.475 e. The molecule has 0 spiro atoms. The number of nitrogens with one attached hydrogen (secondary N) is 1. The average Bonchev–Trinajstić information content (AvgIpc) is 3.11. The van der Waals surface area contributed by atoms with Crippen molar-refractivity contribution in [1.82, 2.24) is 14.8 Å². The van der Waals surface area contributed by atoms with Gasteiger partial charge in [0.05, 0.1) is 18.9 Å². The van der Waals surface area contributed by atoms with Gasteiger partial charge in [-0.1, -0.05) is 0 Å². The van der Waals surface area contributed by atoms with Crippen LogP contribution in [0.15, 0.2) is 47.5 Å². The summed E-state index contributed by atoms with van der Waals surface area (Å²) in [6.45, 7) is 6.76. The van der Waals surface area contributed by atoms with E-state index in [0.717, 1.165) is 18.0 Å². The van der Waals surface area contributed by atoms with Gasteiger partial charge in [-0.3, -0.25) is 14.5 Å². The lowest BCUT2D eigenvalue weighted by Gasteiger charge is -2.27. The lowest BCUT2D eigenvalue weighted by atomic mass is 10.0. The summed E-state index contributed by atoms with van der Waals surface area (Å²) in [5.41, 5.74) is -4.81. The summed E-state index contributed by atoms with van der Waals surface area (Å²) in [4.78, 5) is 56.4. The fraction of sp³-hybridized carbons (Fsp3) is 0.444. The molecule has 2 fully saturated rings. The van der Waals surface area contributed by atoms with Gasteiger partial charge in [0.15, 0.2) is 0 Å². The first kappa shape index (κ1) is 35.6. The first-order valence-electron chi connectivity index (χ1n) is 13.3. The fourth-order valence-electron chi connectivity index (χ4n) is 4.24. The number of carbonyl (C=O) groups excluding carboxylic acids is 3. The molecule has 0 bridgehead atoms. The zero-order chi connectivity index (χ0) is 33.6. The Morgan fingerprint density at radius 3 is 2.20 bits per heavy atom. The molecule has 246 valence electrons. The van der Waals surface area contributed by atoms with Gasteiger partial charge in [-0.05, 0) is 67.6 Å². The molecule has 0 unspecified atom stereocenters. The average molecular weight is 666 g/mol. The number of imide groups is 1. The Bertz CT molecular complexity index is 1380. The Morgan fingerprint density at radius 2 is 1.64 bits per heavy atom. The number of carboxylic acid groups (broad SMARTS) is 1. The molecule has 2 N–H and O–H groups in total. The maximum atomic E-state index is 13.3. The number of rotatable bonds is 8. The molecule has 1 aromatic heterocycles. The third-order valence-corrected chi connectivity index (χ3v) is 7.33. The molecule has 2 aromatic rings. The summed E-state index contributed by atoms with van der Waals surface area (Å²) in [7, 11) is 0. The maximum Gasteiger partial charge on any atom is 0.490 e. The van der Waals surface area contributed by atoms with Crippen LogP contribution in [0.4, 0.5) is 42.6 Å². The summed E-state index contributed by atoms with van der Waals surface area (Å²) in [5.74, 6) is -3.11. The Labute approximate surface area is 257 Å². The van der Waals surface area contributed by atoms with Crippen LogP contribution in [0.25, 0.3) is 0 Å². The molecule has 18 heteroatoms. The molecule has 0 atom stereocenters. The highest BCUT2D eigenvalue weighted by molar-refractivity contribution is 8.00. The van der Waals surface area contributed by atoms with E-state index in [4.69, 9.17) is 14.6 Å². The van der Waals surface area contributed by atoms with E-state index in [0.29, 0.717) is 37.6 Å². The molecule has 2 saturated heterocycles. The summed E-state index contributed by atoms with van der Waals surface area (Å²) < 4.78 is 75.0. The summed E-state index contributed by atoms with van der Waals surface area (Å²) in [5, 5.41) is 9.90. The van der Waals surface area contributed by atoms with Crippen molar-refractivity contribution in [3.05, 3.63) is 48.2 Å². The summed E-state index contributed by atoms with van der Waals surface area (Å²) >= 11 is -0.271. The molecule has 45 heavy (non-hydrogen) atoms. The number of benzene rings is 1. The number of amides is 4. The zero-order valence-electron chi connectivity index (χ0n) is 23.9. The maximum absolute atomic E-state index is 13.3. The van der Waals surface area contributed by atoms with Gasteiger partial charge in [-0.15, -0.1) is 0 Å². The Kier molecular flexibility index (Phi) is 11.4. The second-order valence-corrected chi connectivity index (χ2v) is 11.4. The number of carbonyl (C=O) groups is 4. The minimum absolute atomic E-state index is 0.0484. The van der Waals surface area contributed by atoms with Crippen LogP contribution in [0.3, 0.4) is 0 Å². The third kappa shape index (κ3) is 10.1. The van der Waals surface area contributed by atoms with Crippen molar-refractivity contribution in [1.29, 1.82) is 0 Å². The first-order valence-corrected chi connectivity index (χ1v) is 14.1. The van der Waals surface area contributed by atoms with Crippen molar-refractivity contribution in [2.45, 2.75) is 48.9 Å². The van der Waals surface area contributed by atoms with Gasteiger partial charge in [0.2, 0.25) is 5.91 Å². The van der Waals surface area contributed by atoms with E-state index in [1.165, 1.54) is 35.4 Å². The number of ether oxygens (including phenoxy) is 1. The molecule has 0 aliphatic carbocycles. The van der Waals surface area contributed by atoms with Gasteiger partial charge in [-0.2, -0.15) is 26.3 Å². The van der Waals surface area contributed by atoms with Gasteiger partial charge in [-0.25, -0.2) is 19.5 Å². The number of aliphatic carboxylic acids is 1. The van der Waals surface area contributed by atoms with E-state index in [1.54, 1.807) is 26.0 Å². The van der Waals surface area contributed by atoms with Crippen LogP contribution < -0.4 is 10.2 Å². The SMILES string of the molecule is CC1(C)C(=O)N(c2ccc(SC(F)(F)F)cc2)C(=O)N1Cc1ccnc(NC(=O)CCN2CCOCC2)c1.O=C(O)C(F)(F)F. The second kappa shape index (κ2) is 14.5. The van der Waals surface area contributed by atoms with Crippen molar-refractivity contribution in [3.63, 3.8) is 0 Å². The number of nitrogens with zero attached hydrogens (tertiary/aromatic N) is 4. The van der Waals surface area contributed by atoms with Crippen molar-refractivity contribution in [2.75, 3.05) is 43.1 Å². The topological polar surface area (TPSA) is 132 Å². The van der Waals surface area contributed by atoms with Crippen LogP contribution in [0.5, 0.6) is 0 Å². The van der Waals surface area contributed by atoms with Crippen molar-refractivity contribution in [2.24, 2.45) is 0 Å². The van der Waals surface area contributed by atoms with Crippen molar-refractivity contribution < 1.29 is 55.4 Å². The molecular formula is C27H29F6N5O6S. The number of hydrogen-bond acceptors (Lipinski definition) is 8. The number of alkyl halides is 6. The Balaban J connectivity index is 0.000000707. The first-order chi connectivity index (χ1) is 20.9. The molecular weight excluding hydrogens is 636 g/mol. The van der Waals surface area contributed by atoms with E-state index in [-0.39, 0.29) is 34.8 Å². The normalized spacial score (nSPS) is 17.2. The van der Waals surface area contributed by atoms with Gasteiger partial charge in [0.25, 0.3) is 5.91 Å². The second-order valence-electron chi connectivity index (χ2n) is 10.2. The molecule has 2 aliphatic heterocycles. The van der Waals surface area contributed by atoms with Crippen molar-refractivity contribution >= 4 is 47.1 Å². The molecule has 0 radical (unpaired) electrons. The fourth-order valence-corrected chi connectivity index (χ4v) is 4.78. The molecule has 2 aliphatic rings. The number of morpholine rings is 1. The summed E-state index contributed by atoms with van der Waals surface area (Å²) in [6, 6.07) is 7.82. The Morgan fingerprint density at radius 1 is 1.04 bits per heavy atom. The van der Waals surface area contributed by atoms with E-state index < -0.39 is 35.1 Å². The number of pyridine rings is 1. The number of urea groups is 1. The number of aromatic nitrogens is 1. The largest absolute Gasteiger partial charge is 0.490 e. The molecule has 11 nitrogen and oxygen atoms in total. The Hall–Kier alpha value is -3.90. The molecule has 3 heterocycles. The molecule has 0 saturated carbocycles. The molecule has 1 aromatic carbocycles. The smallest absolute Gasteiger partial charge is 0.475 e. The van der Waals surface area contributed by atoms with Crippen LogP contribution in [0, 0.1) is 0 Å². The van der Waals surface area contributed by atoms with Crippen LogP contribution in [0.1, 0.15) is 25.8 Å². The number of halogens is 6. The van der Waals surface area contributed by atoms with Gasteiger partial charge >= 0.3 is 23.7 Å². The molecule has 4 rings (SSSR count). The summed E-state index contributed by atoms with van der Waals surface area (Å²) in [6.07, 6.45) is -3.27. The quantitative estimate of drug-likeness (QED) is 0.233. The lowest BCUT2D eigenvalue weighted by Crippen LogP contribution is -2.43. The minimum atomic E-state index is -5.08. The van der Waals surface area contributed by atoms with Gasteiger partial charge < -0.3 is 20.1 Å². The monoisotopic (exact) mass is 665 g/mol. The van der Waals surface area contributed by atoms with E-state index >= 15 is 0 Å². The number of hydrogen-bond donors (Lipinski definition) is 2. The highest BCUT2D eigenvalue weighted by atomic mass is 32.2. The van der Waals surface area contributed by atoms with Gasteiger partial charge in [0, 0.05) is 43.7 Å². The van der Waals surface area contributed by atoms with Crippen LogP contribution in [-0.2, 0) is 25.7 Å². The number of carboxylic acids is 1. The lowest BCUT2D eigenvalue weighted by molar-refractivity contribution is -0.192. The predicted molar refractivity (Wildman–Crippen MR) is 149 cm³/mol. The van der Waals surface area contributed by atoms with Crippen LogP contribution in [0.2, 0.25) is 0 Å². The van der Waals surface area contributed by atoms with Crippen molar-refractivity contribution in [3.8, 4) is 0 Å². The number of anilines is 2. The van der Waals surface area contributed by atoms with E-state index in [9.17, 15) is 40.7 Å². The zero-order valence-corrected chi connectivity index (χ0v) is 24.8. The van der Waals surface area contributed by atoms with Gasteiger partial charge in [0.1, 0.15) is 11.4 Å². The van der Waals surface area contributed by atoms with E-state index in [2.05, 4.69) is 15.2 Å². The number of thioether (sulfide) groups is 1. The van der Waals surface area contributed by atoms with Crippen LogP contribution >= 0.6 is 11.8 Å². The van der Waals surface area contributed by atoms with E-state index in [1.807, 2.05) is 0 Å². The predicted octanol–water partition coefficient (Wildman–Crippen LogP) is 4.74. The highest BCUT2D eigenvalue weighted by Crippen LogP contribution is 2.39. The molecule has 4 amide bonds. The highest BCUT2D eigenvalue weighted by Gasteiger charge is 2.51. The standard InChI is InChI=1S/C25H28F3N5O4S.C2HF3O2/c1-24(2)22(35)33(18-3-5-19(6-4-18)38-25(26,27)28)23(36)32(24)16-17-7-9-29-20(15-17)30-21(34)8-10-31-11-13-37-14-12-31;3-2(4,5)1(6)7/h3-7,9,15H,8,10-14,16H2,1-2H3,(H,29,30,34);(H,6,7).